The first kappa shape index (κ1) is 19.0. The Morgan fingerprint density at radius 3 is 2.44 bits per heavy atom. The maximum absolute atomic E-state index is 12.9. The van der Waals surface area contributed by atoms with E-state index in [1.165, 1.54) is 29.8 Å². The third-order valence-corrected chi connectivity index (χ3v) is 5.06. The zero-order valence-electron chi connectivity index (χ0n) is 15.1. The molecule has 2 atom stereocenters. The molecule has 0 unspecified atom stereocenters. The first-order chi connectivity index (χ1) is 13.1. The average Bonchev–Trinajstić information content (AvgIpc) is 3.13. The van der Waals surface area contributed by atoms with Crippen molar-refractivity contribution in [2.75, 3.05) is 26.2 Å². The molecule has 6 heteroatoms. The molecular formula is C21H24FN3O2. The van der Waals surface area contributed by atoms with Gasteiger partial charge in [0.15, 0.2) is 0 Å². The van der Waals surface area contributed by atoms with Gasteiger partial charge in [-0.1, -0.05) is 30.3 Å². The number of nitrogens with zero attached hydrogens (tertiary/aromatic N) is 1. The molecule has 1 aliphatic heterocycles. The summed E-state index contributed by atoms with van der Waals surface area (Å²) in [6.07, 6.45) is 0.228. The van der Waals surface area contributed by atoms with Crippen LogP contribution >= 0.6 is 0 Å². The molecule has 1 fully saturated rings. The van der Waals surface area contributed by atoms with Gasteiger partial charge in [0, 0.05) is 37.5 Å². The van der Waals surface area contributed by atoms with Crippen LogP contribution in [0.3, 0.4) is 0 Å². The molecule has 27 heavy (non-hydrogen) atoms. The molecule has 0 aromatic heterocycles. The molecule has 1 aliphatic rings. The zero-order valence-corrected chi connectivity index (χ0v) is 15.1. The summed E-state index contributed by atoms with van der Waals surface area (Å²) < 4.78 is 12.9. The molecule has 3 rings (SSSR count). The van der Waals surface area contributed by atoms with Gasteiger partial charge in [0.1, 0.15) is 5.82 Å². The summed E-state index contributed by atoms with van der Waals surface area (Å²) in [6.45, 7) is 2.07. The second kappa shape index (κ2) is 8.77. The maximum atomic E-state index is 12.9. The Labute approximate surface area is 158 Å². The number of nitrogens with two attached hydrogens (primary N) is 1. The summed E-state index contributed by atoms with van der Waals surface area (Å²) >= 11 is 0. The SMILES string of the molecule is NC[C@@H]1CN(C(=O)CCNC(=O)c2ccc(F)cc2)C[C@H]1c1ccccc1. The van der Waals surface area contributed by atoms with Gasteiger partial charge in [-0.15, -0.1) is 0 Å². The van der Waals surface area contributed by atoms with Crippen LogP contribution in [0.15, 0.2) is 54.6 Å². The van der Waals surface area contributed by atoms with Crippen molar-refractivity contribution in [3.8, 4) is 0 Å². The molecule has 2 amide bonds. The number of amides is 2. The summed E-state index contributed by atoms with van der Waals surface area (Å²) in [4.78, 5) is 26.4. The van der Waals surface area contributed by atoms with E-state index in [4.69, 9.17) is 5.73 Å². The Morgan fingerprint density at radius 2 is 1.78 bits per heavy atom. The minimum Gasteiger partial charge on any atom is -0.352 e. The van der Waals surface area contributed by atoms with E-state index >= 15 is 0 Å². The van der Waals surface area contributed by atoms with Crippen LogP contribution in [-0.2, 0) is 4.79 Å². The van der Waals surface area contributed by atoms with Crippen LogP contribution in [0, 0.1) is 11.7 Å². The molecule has 0 radical (unpaired) electrons. The van der Waals surface area contributed by atoms with Crippen molar-refractivity contribution in [1.82, 2.24) is 10.2 Å². The molecule has 0 spiro atoms. The highest BCUT2D eigenvalue weighted by Crippen LogP contribution is 2.32. The number of nitrogens with one attached hydrogen (secondary N) is 1. The smallest absolute Gasteiger partial charge is 0.251 e. The van der Waals surface area contributed by atoms with Gasteiger partial charge >= 0.3 is 0 Å². The molecule has 2 aromatic carbocycles. The Morgan fingerprint density at radius 1 is 1.07 bits per heavy atom. The summed E-state index contributed by atoms with van der Waals surface area (Å²) in [7, 11) is 0. The fourth-order valence-corrected chi connectivity index (χ4v) is 3.54. The minimum atomic E-state index is -0.391. The largest absolute Gasteiger partial charge is 0.352 e. The highest BCUT2D eigenvalue weighted by atomic mass is 19.1. The molecule has 0 saturated carbocycles. The third kappa shape index (κ3) is 4.71. The Hall–Kier alpha value is -2.73. The number of halogens is 1. The second-order valence-corrected chi connectivity index (χ2v) is 6.82. The molecule has 142 valence electrons. The zero-order chi connectivity index (χ0) is 19.2. The fourth-order valence-electron chi connectivity index (χ4n) is 3.54. The van der Waals surface area contributed by atoms with E-state index in [9.17, 15) is 14.0 Å². The van der Waals surface area contributed by atoms with Crippen LogP contribution in [0.25, 0.3) is 0 Å². The Bertz CT molecular complexity index is 780. The van der Waals surface area contributed by atoms with E-state index in [1.807, 2.05) is 23.1 Å². The molecule has 2 aromatic rings. The third-order valence-electron chi connectivity index (χ3n) is 5.06. The predicted octanol–water partition coefficient (Wildman–Crippen LogP) is 2.15. The quantitative estimate of drug-likeness (QED) is 0.819. The number of hydrogen-bond donors (Lipinski definition) is 2. The van der Waals surface area contributed by atoms with Gasteiger partial charge in [0.25, 0.3) is 5.91 Å². The highest BCUT2D eigenvalue weighted by Gasteiger charge is 2.34. The number of benzene rings is 2. The van der Waals surface area contributed by atoms with Crippen molar-refractivity contribution in [2.45, 2.75) is 12.3 Å². The highest BCUT2D eigenvalue weighted by molar-refractivity contribution is 5.94. The number of rotatable bonds is 6. The molecular weight excluding hydrogens is 345 g/mol. The molecule has 1 heterocycles. The van der Waals surface area contributed by atoms with Gasteiger partial charge in [-0.05, 0) is 42.3 Å². The number of likely N-dealkylation sites (tertiary alicyclic amines) is 1. The van der Waals surface area contributed by atoms with Crippen LogP contribution in [-0.4, -0.2) is 42.9 Å². The van der Waals surface area contributed by atoms with E-state index < -0.39 is 5.82 Å². The van der Waals surface area contributed by atoms with Gasteiger partial charge in [0.2, 0.25) is 5.91 Å². The lowest BCUT2D eigenvalue weighted by molar-refractivity contribution is -0.130. The lowest BCUT2D eigenvalue weighted by Gasteiger charge is -2.17. The lowest BCUT2D eigenvalue weighted by Crippen LogP contribution is -2.33. The van der Waals surface area contributed by atoms with Gasteiger partial charge < -0.3 is 16.0 Å². The second-order valence-electron chi connectivity index (χ2n) is 6.82. The average molecular weight is 369 g/mol. The van der Waals surface area contributed by atoms with Crippen LogP contribution in [0.1, 0.15) is 28.3 Å². The predicted molar refractivity (Wildman–Crippen MR) is 102 cm³/mol. The number of hydrogen-bond acceptors (Lipinski definition) is 3. The van der Waals surface area contributed by atoms with E-state index in [0.29, 0.717) is 25.2 Å². The van der Waals surface area contributed by atoms with Crippen LogP contribution in [0.4, 0.5) is 4.39 Å². The van der Waals surface area contributed by atoms with Crippen molar-refractivity contribution in [3.05, 3.63) is 71.5 Å². The number of carbonyl (C=O) groups excluding carboxylic acids is 2. The summed E-state index contributed by atoms with van der Waals surface area (Å²) in [5.41, 5.74) is 7.49. The first-order valence-electron chi connectivity index (χ1n) is 9.15. The molecule has 5 nitrogen and oxygen atoms in total. The normalized spacial score (nSPS) is 19.1. The van der Waals surface area contributed by atoms with E-state index in [2.05, 4.69) is 17.4 Å². The Balaban J connectivity index is 1.51. The maximum Gasteiger partial charge on any atom is 0.251 e. The van der Waals surface area contributed by atoms with Gasteiger partial charge in [-0.25, -0.2) is 4.39 Å². The summed E-state index contributed by atoms with van der Waals surface area (Å²) in [6, 6.07) is 15.4. The first-order valence-corrected chi connectivity index (χ1v) is 9.15. The number of carbonyl (C=O) groups is 2. The molecule has 3 N–H and O–H groups in total. The molecule has 1 saturated heterocycles. The standard InChI is InChI=1S/C21H24FN3O2/c22-18-8-6-16(7-9-18)21(27)24-11-10-20(26)25-13-17(12-23)19(14-25)15-4-2-1-3-5-15/h1-9,17,19H,10-14,23H2,(H,24,27)/t17-,19+/m1/s1. The summed E-state index contributed by atoms with van der Waals surface area (Å²) in [5, 5.41) is 2.71. The van der Waals surface area contributed by atoms with Crippen molar-refractivity contribution < 1.29 is 14.0 Å². The van der Waals surface area contributed by atoms with Gasteiger partial charge in [-0.3, -0.25) is 9.59 Å². The van der Waals surface area contributed by atoms with E-state index in [-0.39, 0.29) is 36.6 Å². The van der Waals surface area contributed by atoms with Crippen LogP contribution in [0.5, 0.6) is 0 Å². The van der Waals surface area contributed by atoms with Crippen LogP contribution in [0.2, 0.25) is 0 Å². The molecule has 0 bridgehead atoms. The fraction of sp³-hybridized carbons (Fsp3) is 0.333. The van der Waals surface area contributed by atoms with Crippen LogP contribution < -0.4 is 11.1 Å². The van der Waals surface area contributed by atoms with E-state index in [1.54, 1.807) is 0 Å². The van der Waals surface area contributed by atoms with Crippen molar-refractivity contribution >= 4 is 11.8 Å². The summed E-state index contributed by atoms with van der Waals surface area (Å²) in [5.74, 6) is -0.213. The Kier molecular flexibility index (Phi) is 6.19. The minimum absolute atomic E-state index is 0.00582. The van der Waals surface area contributed by atoms with Gasteiger partial charge in [0.05, 0.1) is 0 Å². The van der Waals surface area contributed by atoms with Gasteiger partial charge in [-0.2, -0.15) is 0 Å². The van der Waals surface area contributed by atoms with Crippen molar-refractivity contribution in [1.29, 1.82) is 0 Å². The van der Waals surface area contributed by atoms with Crippen molar-refractivity contribution in [3.63, 3.8) is 0 Å². The lowest BCUT2D eigenvalue weighted by atomic mass is 9.89. The topological polar surface area (TPSA) is 75.4 Å². The van der Waals surface area contributed by atoms with E-state index in [0.717, 1.165) is 0 Å². The molecule has 0 aliphatic carbocycles. The monoisotopic (exact) mass is 369 g/mol. The van der Waals surface area contributed by atoms with Crippen molar-refractivity contribution in [2.24, 2.45) is 11.7 Å².